The number of aliphatic hydroxyl groups is 1. The van der Waals surface area contributed by atoms with Gasteiger partial charge in [-0.05, 0) is 23.8 Å². The molecule has 2 heterocycles. The maximum absolute atomic E-state index is 12.3. The van der Waals surface area contributed by atoms with Gasteiger partial charge in [0, 0.05) is 6.07 Å². The van der Waals surface area contributed by atoms with E-state index in [2.05, 4.69) is 10.4 Å². The van der Waals surface area contributed by atoms with Crippen LogP contribution in [0, 0.1) is 0 Å². The largest absolute Gasteiger partial charge is 0.463 e. The van der Waals surface area contributed by atoms with Crippen molar-refractivity contribution in [2.45, 2.75) is 12.6 Å². The Morgan fingerprint density at radius 2 is 1.96 bits per heavy atom. The van der Waals surface area contributed by atoms with E-state index in [0.717, 1.165) is 10.2 Å². The molecule has 0 aliphatic heterocycles. The van der Waals surface area contributed by atoms with Gasteiger partial charge in [-0.3, -0.25) is 9.59 Å². The number of carbonyl (C=O) groups is 1. The quantitative estimate of drug-likeness (QED) is 0.706. The molecule has 0 fully saturated rings. The molecule has 0 aliphatic carbocycles. The predicted molar refractivity (Wildman–Crippen MR) is 90.6 cm³/mol. The summed E-state index contributed by atoms with van der Waals surface area (Å²) in [5.41, 5.74) is 0.841. The normalized spacial score (nSPS) is 11.9. The van der Waals surface area contributed by atoms with Crippen molar-refractivity contribution >= 4 is 5.91 Å². The minimum Gasteiger partial charge on any atom is -0.463 e. The molecule has 1 atom stereocenters. The van der Waals surface area contributed by atoms with Gasteiger partial charge < -0.3 is 14.8 Å². The molecule has 7 nitrogen and oxygen atoms in total. The third-order valence-electron chi connectivity index (χ3n) is 3.65. The molecule has 2 N–H and O–H groups in total. The molecule has 1 aromatic carbocycles. The number of benzene rings is 1. The van der Waals surface area contributed by atoms with Gasteiger partial charge in [-0.25, -0.2) is 4.68 Å². The molecule has 7 heteroatoms. The Balaban J connectivity index is 1.74. The molecule has 128 valence electrons. The second-order valence-corrected chi connectivity index (χ2v) is 5.41. The van der Waals surface area contributed by atoms with Crippen LogP contribution in [0.25, 0.3) is 11.5 Å². The molecule has 1 amide bonds. The highest BCUT2D eigenvalue weighted by molar-refractivity contribution is 5.76. The van der Waals surface area contributed by atoms with Gasteiger partial charge in [-0.1, -0.05) is 30.3 Å². The first-order chi connectivity index (χ1) is 12.2. The number of nitrogens with zero attached hydrogens (tertiary/aromatic N) is 2. The Hall–Kier alpha value is -3.19. The zero-order chi connectivity index (χ0) is 17.6. The Bertz CT molecular complexity index is 888. The van der Waals surface area contributed by atoms with Gasteiger partial charge in [0.15, 0.2) is 5.76 Å². The molecule has 25 heavy (non-hydrogen) atoms. The summed E-state index contributed by atoms with van der Waals surface area (Å²) in [5.74, 6) is 0.0841. The molecular formula is C18H17N3O4. The van der Waals surface area contributed by atoms with Crippen LogP contribution in [0.4, 0.5) is 0 Å². The molecular weight excluding hydrogens is 322 g/mol. The van der Waals surface area contributed by atoms with Crippen molar-refractivity contribution in [1.29, 1.82) is 0 Å². The van der Waals surface area contributed by atoms with Gasteiger partial charge >= 0.3 is 0 Å². The van der Waals surface area contributed by atoms with E-state index in [9.17, 15) is 14.7 Å². The Labute approximate surface area is 143 Å². The molecule has 3 aromatic rings. The van der Waals surface area contributed by atoms with E-state index >= 15 is 0 Å². The summed E-state index contributed by atoms with van der Waals surface area (Å²) in [7, 11) is 0. The fraction of sp³-hybridized carbons (Fsp3) is 0.167. The number of aromatic nitrogens is 2. The number of furan rings is 1. The molecule has 0 saturated carbocycles. The van der Waals surface area contributed by atoms with Gasteiger partial charge in [-0.15, -0.1) is 0 Å². The lowest BCUT2D eigenvalue weighted by Crippen LogP contribution is -2.36. The number of hydrogen-bond acceptors (Lipinski definition) is 5. The average molecular weight is 339 g/mol. The third kappa shape index (κ3) is 4.02. The van der Waals surface area contributed by atoms with Crippen molar-refractivity contribution in [2.24, 2.45) is 0 Å². The molecule has 0 saturated heterocycles. The lowest BCUT2D eigenvalue weighted by Gasteiger charge is -2.17. The number of amides is 1. The van der Waals surface area contributed by atoms with E-state index < -0.39 is 17.5 Å². The monoisotopic (exact) mass is 339 g/mol. The number of aliphatic hydroxyl groups excluding tert-OH is 1. The van der Waals surface area contributed by atoms with Gasteiger partial charge in [0.25, 0.3) is 5.56 Å². The van der Waals surface area contributed by atoms with Crippen molar-refractivity contribution in [3.05, 3.63) is 76.8 Å². The second kappa shape index (κ2) is 7.59. The number of carbonyl (C=O) groups excluding carboxylic acids is 1. The average Bonchev–Trinajstić information content (AvgIpc) is 3.17. The summed E-state index contributed by atoms with van der Waals surface area (Å²) in [4.78, 5) is 24.2. The van der Waals surface area contributed by atoms with Crippen molar-refractivity contribution in [3.63, 3.8) is 0 Å². The molecule has 0 radical (unpaired) electrons. The molecule has 2 aromatic heterocycles. The molecule has 1 unspecified atom stereocenters. The van der Waals surface area contributed by atoms with Crippen LogP contribution >= 0.6 is 0 Å². The van der Waals surface area contributed by atoms with E-state index in [0.29, 0.717) is 11.5 Å². The van der Waals surface area contributed by atoms with Crippen LogP contribution in [0.2, 0.25) is 0 Å². The van der Waals surface area contributed by atoms with Gasteiger partial charge in [-0.2, -0.15) is 5.10 Å². The van der Waals surface area contributed by atoms with Gasteiger partial charge in [0.2, 0.25) is 5.91 Å². The lowest BCUT2D eigenvalue weighted by molar-refractivity contribution is -0.123. The highest BCUT2D eigenvalue weighted by atomic mass is 16.3. The first-order valence-electron chi connectivity index (χ1n) is 7.74. The summed E-state index contributed by atoms with van der Waals surface area (Å²) >= 11 is 0. The van der Waals surface area contributed by atoms with Crippen LogP contribution in [0.1, 0.15) is 11.6 Å². The summed E-state index contributed by atoms with van der Waals surface area (Å²) < 4.78 is 6.31. The van der Waals surface area contributed by atoms with Gasteiger partial charge in [0.05, 0.1) is 18.9 Å². The van der Waals surface area contributed by atoms with Crippen molar-refractivity contribution in [1.82, 2.24) is 15.1 Å². The van der Waals surface area contributed by atoms with Crippen LogP contribution in [0.15, 0.2) is 70.1 Å². The van der Waals surface area contributed by atoms with Crippen LogP contribution < -0.4 is 10.9 Å². The van der Waals surface area contributed by atoms with Crippen molar-refractivity contribution < 1.29 is 14.3 Å². The fourth-order valence-corrected chi connectivity index (χ4v) is 2.41. The zero-order valence-electron chi connectivity index (χ0n) is 13.3. The molecule has 0 aliphatic rings. The third-order valence-corrected chi connectivity index (χ3v) is 3.65. The topological polar surface area (TPSA) is 97.4 Å². The Morgan fingerprint density at radius 3 is 2.64 bits per heavy atom. The van der Waals surface area contributed by atoms with E-state index in [1.54, 1.807) is 12.1 Å². The molecule has 3 rings (SSSR count). The van der Waals surface area contributed by atoms with E-state index in [1.807, 2.05) is 30.3 Å². The van der Waals surface area contributed by atoms with E-state index in [1.165, 1.54) is 18.4 Å². The summed E-state index contributed by atoms with van der Waals surface area (Å²) in [5, 5.41) is 16.4. The predicted octanol–water partition coefficient (Wildman–Crippen LogP) is 1.35. The number of nitrogens with one attached hydrogen (secondary N) is 1. The molecule has 0 spiro atoms. The summed E-state index contributed by atoms with van der Waals surface area (Å²) in [6.07, 6.45) is 1.50. The van der Waals surface area contributed by atoms with E-state index in [-0.39, 0.29) is 13.2 Å². The first-order valence-corrected chi connectivity index (χ1v) is 7.74. The first kappa shape index (κ1) is 16.7. The minimum atomic E-state index is -0.544. The van der Waals surface area contributed by atoms with Crippen LogP contribution in [-0.4, -0.2) is 27.4 Å². The fourth-order valence-electron chi connectivity index (χ4n) is 2.41. The highest BCUT2D eigenvalue weighted by Gasteiger charge is 2.15. The maximum atomic E-state index is 12.3. The van der Waals surface area contributed by atoms with E-state index in [4.69, 9.17) is 4.42 Å². The zero-order valence-corrected chi connectivity index (χ0v) is 13.3. The Kier molecular flexibility index (Phi) is 5.06. The standard InChI is InChI=1S/C18H17N3O4/c22-12-15(13-5-2-1-3-6-13)19-17(23)11-21-18(24)9-8-14(20-21)16-7-4-10-25-16/h1-10,15,22H,11-12H2,(H,19,23). The molecule has 0 bridgehead atoms. The summed E-state index contributed by atoms with van der Waals surface area (Å²) in [6.45, 7) is -0.499. The van der Waals surface area contributed by atoms with Gasteiger partial charge in [0.1, 0.15) is 12.2 Å². The van der Waals surface area contributed by atoms with Crippen LogP contribution in [0.3, 0.4) is 0 Å². The number of rotatable bonds is 6. The maximum Gasteiger partial charge on any atom is 0.267 e. The summed E-state index contributed by atoms with van der Waals surface area (Å²) in [6, 6.07) is 14.9. The highest BCUT2D eigenvalue weighted by Crippen LogP contribution is 2.15. The second-order valence-electron chi connectivity index (χ2n) is 5.41. The smallest absolute Gasteiger partial charge is 0.267 e. The number of hydrogen-bond donors (Lipinski definition) is 2. The Morgan fingerprint density at radius 1 is 1.16 bits per heavy atom. The van der Waals surface area contributed by atoms with Crippen LogP contribution in [-0.2, 0) is 11.3 Å². The van der Waals surface area contributed by atoms with Crippen molar-refractivity contribution in [2.75, 3.05) is 6.61 Å². The minimum absolute atomic E-state index is 0.246. The lowest BCUT2D eigenvalue weighted by atomic mass is 10.1. The SMILES string of the molecule is O=C(Cn1nc(-c2ccco2)ccc1=O)NC(CO)c1ccccc1. The van der Waals surface area contributed by atoms with Crippen molar-refractivity contribution in [3.8, 4) is 11.5 Å². The van der Waals surface area contributed by atoms with Crippen LogP contribution in [0.5, 0.6) is 0 Å².